The smallest absolute Gasteiger partial charge is 0.376 e. The molecule has 1 fully saturated rings. The molecular weight excluding hydrogens is 489 g/mol. The Labute approximate surface area is 206 Å². The van der Waals surface area contributed by atoms with Crippen molar-refractivity contribution in [2.75, 3.05) is 19.7 Å². The summed E-state index contributed by atoms with van der Waals surface area (Å²) in [6.45, 7) is 3.54. The van der Waals surface area contributed by atoms with Crippen LogP contribution in [0.3, 0.4) is 0 Å². The van der Waals surface area contributed by atoms with Gasteiger partial charge in [-0.3, -0.25) is 9.59 Å². The van der Waals surface area contributed by atoms with Crippen LogP contribution >= 0.6 is 11.6 Å². The van der Waals surface area contributed by atoms with Crippen molar-refractivity contribution in [3.05, 3.63) is 70.2 Å². The normalized spacial score (nSPS) is 17.8. The minimum absolute atomic E-state index is 0.00182. The van der Waals surface area contributed by atoms with Crippen LogP contribution in [0, 0.1) is 5.92 Å². The minimum atomic E-state index is -4.50. The van der Waals surface area contributed by atoms with E-state index in [1.54, 1.807) is 24.3 Å². The van der Waals surface area contributed by atoms with E-state index in [-0.39, 0.29) is 30.0 Å². The molecule has 1 heterocycles. The van der Waals surface area contributed by atoms with Crippen molar-refractivity contribution in [3.63, 3.8) is 0 Å². The number of carbonyl (C=O) groups is 2. The quantitative estimate of drug-likeness (QED) is 0.439. The summed E-state index contributed by atoms with van der Waals surface area (Å²) in [5.74, 6) is -2.37. The van der Waals surface area contributed by atoms with Crippen molar-refractivity contribution in [1.82, 2.24) is 10.6 Å². The second-order valence-corrected chi connectivity index (χ2v) is 8.94. The Bertz CT molecular complexity index is 1010. The van der Waals surface area contributed by atoms with E-state index in [0.717, 1.165) is 12.1 Å². The SMILES string of the molecule is CC(C)(O)O.O=C(NCC1COC(CNC(=O)c2ccccc2Cl)C1)c1cccc(C(F)(F)F)c1. The van der Waals surface area contributed by atoms with Crippen LogP contribution in [0.15, 0.2) is 48.5 Å². The summed E-state index contributed by atoms with van der Waals surface area (Å²) < 4.78 is 44.0. The zero-order valence-electron chi connectivity index (χ0n) is 19.2. The van der Waals surface area contributed by atoms with Gasteiger partial charge in [0.15, 0.2) is 5.79 Å². The zero-order valence-corrected chi connectivity index (χ0v) is 20.0. The van der Waals surface area contributed by atoms with Crippen LogP contribution < -0.4 is 10.6 Å². The predicted molar refractivity (Wildman–Crippen MR) is 124 cm³/mol. The first-order valence-electron chi connectivity index (χ1n) is 10.8. The van der Waals surface area contributed by atoms with Gasteiger partial charge in [-0.25, -0.2) is 0 Å². The Morgan fingerprint density at radius 2 is 1.66 bits per heavy atom. The van der Waals surface area contributed by atoms with Crippen molar-refractivity contribution in [3.8, 4) is 0 Å². The highest BCUT2D eigenvalue weighted by atomic mass is 35.5. The van der Waals surface area contributed by atoms with Gasteiger partial charge >= 0.3 is 6.18 Å². The lowest BCUT2D eigenvalue weighted by Gasteiger charge is -2.13. The highest BCUT2D eigenvalue weighted by molar-refractivity contribution is 6.33. The molecule has 0 aliphatic carbocycles. The monoisotopic (exact) mass is 516 g/mol. The molecule has 2 aromatic carbocycles. The molecule has 2 aromatic rings. The number of halogens is 4. The number of ether oxygens (including phenoxy) is 1. The summed E-state index contributed by atoms with van der Waals surface area (Å²) in [6, 6.07) is 11.0. The number of benzene rings is 2. The lowest BCUT2D eigenvalue weighted by molar-refractivity contribution is -0.137. The molecule has 1 saturated heterocycles. The molecular formula is C24H28ClF3N2O5. The third-order valence-corrected chi connectivity index (χ3v) is 5.11. The lowest BCUT2D eigenvalue weighted by atomic mass is 10.0. The first-order valence-corrected chi connectivity index (χ1v) is 11.2. The van der Waals surface area contributed by atoms with Gasteiger partial charge in [0, 0.05) is 24.6 Å². The van der Waals surface area contributed by atoms with E-state index in [4.69, 9.17) is 26.6 Å². The fraction of sp³-hybridized carbons (Fsp3) is 0.417. The summed E-state index contributed by atoms with van der Waals surface area (Å²) in [6.07, 6.45) is -4.12. The topological polar surface area (TPSA) is 108 Å². The van der Waals surface area contributed by atoms with E-state index in [0.29, 0.717) is 30.2 Å². The van der Waals surface area contributed by atoms with Crippen LogP contribution in [0.2, 0.25) is 5.02 Å². The van der Waals surface area contributed by atoms with Crippen molar-refractivity contribution in [2.45, 2.75) is 38.3 Å². The van der Waals surface area contributed by atoms with Gasteiger partial charge in [-0.15, -0.1) is 0 Å². The number of hydrogen-bond acceptors (Lipinski definition) is 5. The lowest BCUT2D eigenvalue weighted by Crippen LogP contribution is -2.32. The van der Waals surface area contributed by atoms with Gasteiger partial charge in [0.1, 0.15) is 0 Å². The number of nitrogens with one attached hydrogen (secondary N) is 2. The Morgan fingerprint density at radius 3 is 2.29 bits per heavy atom. The Morgan fingerprint density at radius 1 is 1.03 bits per heavy atom. The number of carbonyl (C=O) groups excluding carboxylic acids is 2. The zero-order chi connectivity index (χ0) is 26.2. The van der Waals surface area contributed by atoms with E-state index in [9.17, 15) is 22.8 Å². The molecule has 2 unspecified atom stereocenters. The second kappa shape index (κ2) is 12.3. The molecule has 0 aromatic heterocycles. The molecule has 2 atom stereocenters. The van der Waals surface area contributed by atoms with E-state index < -0.39 is 23.4 Å². The van der Waals surface area contributed by atoms with E-state index in [1.165, 1.54) is 26.0 Å². The van der Waals surface area contributed by atoms with Gasteiger partial charge in [-0.2, -0.15) is 13.2 Å². The van der Waals surface area contributed by atoms with Crippen molar-refractivity contribution < 1.29 is 37.7 Å². The molecule has 2 amide bonds. The number of alkyl halides is 3. The molecule has 0 bridgehead atoms. The van der Waals surface area contributed by atoms with Gasteiger partial charge in [-0.1, -0.05) is 29.8 Å². The average molecular weight is 517 g/mol. The van der Waals surface area contributed by atoms with Crippen LogP contribution in [0.25, 0.3) is 0 Å². The Hall–Kier alpha value is -2.66. The van der Waals surface area contributed by atoms with E-state index >= 15 is 0 Å². The number of hydrogen-bond donors (Lipinski definition) is 4. The molecule has 0 radical (unpaired) electrons. The van der Waals surface area contributed by atoms with Gasteiger partial charge < -0.3 is 25.6 Å². The maximum atomic E-state index is 12.8. The maximum absolute atomic E-state index is 12.8. The molecule has 192 valence electrons. The summed E-state index contributed by atoms with van der Waals surface area (Å²) in [5, 5.41) is 21.9. The third kappa shape index (κ3) is 10.2. The van der Waals surface area contributed by atoms with Gasteiger partial charge in [0.05, 0.1) is 28.9 Å². The number of rotatable bonds is 6. The van der Waals surface area contributed by atoms with Crippen LogP contribution in [0.5, 0.6) is 0 Å². The van der Waals surface area contributed by atoms with Crippen molar-refractivity contribution >= 4 is 23.4 Å². The van der Waals surface area contributed by atoms with E-state index in [1.807, 2.05) is 0 Å². The van der Waals surface area contributed by atoms with Gasteiger partial charge in [0.2, 0.25) is 0 Å². The summed E-state index contributed by atoms with van der Waals surface area (Å²) in [4.78, 5) is 24.4. The van der Waals surface area contributed by atoms with E-state index in [2.05, 4.69) is 10.6 Å². The maximum Gasteiger partial charge on any atom is 0.416 e. The molecule has 0 saturated carbocycles. The Balaban J connectivity index is 0.000000784. The van der Waals surface area contributed by atoms with Crippen LogP contribution in [0.1, 0.15) is 46.5 Å². The molecule has 3 rings (SSSR count). The number of aliphatic hydroxyl groups is 2. The Kier molecular flexibility index (Phi) is 10.1. The highest BCUT2D eigenvalue weighted by Gasteiger charge is 2.31. The standard InChI is InChI=1S/C21H20ClF3N2O3.C3H8O2/c22-18-7-2-1-6-17(18)20(29)27-11-16-8-13(12-30-16)10-26-19(28)14-4-3-5-15(9-14)21(23,24)25;1-3(2,4)5/h1-7,9,13,16H,8,10-12H2,(H,26,28)(H,27,29);4-5H,1-2H3. The average Bonchev–Trinajstić information content (AvgIpc) is 3.22. The largest absolute Gasteiger partial charge is 0.416 e. The number of amides is 2. The van der Waals surface area contributed by atoms with Crippen LogP contribution in [-0.4, -0.2) is 53.6 Å². The molecule has 7 nitrogen and oxygen atoms in total. The summed E-state index contributed by atoms with van der Waals surface area (Å²) in [5.41, 5.74) is -0.539. The third-order valence-electron chi connectivity index (χ3n) is 4.78. The van der Waals surface area contributed by atoms with Crippen molar-refractivity contribution in [2.24, 2.45) is 5.92 Å². The predicted octanol–water partition coefficient (Wildman–Crippen LogP) is 3.63. The first-order chi connectivity index (χ1) is 16.2. The molecule has 1 aliphatic rings. The fourth-order valence-electron chi connectivity index (χ4n) is 3.19. The van der Waals surface area contributed by atoms with Gasteiger partial charge in [0.25, 0.3) is 11.8 Å². The molecule has 1 aliphatic heterocycles. The molecule has 35 heavy (non-hydrogen) atoms. The van der Waals surface area contributed by atoms with Gasteiger partial charge in [-0.05, 0) is 50.6 Å². The minimum Gasteiger partial charge on any atom is -0.376 e. The summed E-state index contributed by atoms with van der Waals surface area (Å²) in [7, 11) is 0. The molecule has 11 heteroatoms. The second-order valence-electron chi connectivity index (χ2n) is 8.53. The first kappa shape index (κ1) is 28.6. The van der Waals surface area contributed by atoms with Crippen LogP contribution in [0.4, 0.5) is 13.2 Å². The molecule has 0 spiro atoms. The van der Waals surface area contributed by atoms with Crippen molar-refractivity contribution in [1.29, 1.82) is 0 Å². The summed E-state index contributed by atoms with van der Waals surface area (Å²) >= 11 is 6.00. The molecule has 4 N–H and O–H groups in total. The van der Waals surface area contributed by atoms with Crippen LogP contribution in [-0.2, 0) is 10.9 Å². The fourth-order valence-corrected chi connectivity index (χ4v) is 3.41. The highest BCUT2D eigenvalue weighted by Crippen LogP contribution is 2.29.